The number of nitrogens with zero attached hydrogens (tertiary/aromatic N) is 2. The summed E-state index contributed by atoms with van der Waals surface area (Å²) in [5, 5.41) is 5.97. The van der Waals surface area contributed by atoms with E-state index in [9.17, 15) is 28.0 Å². The van der Waals surface area contributed by atoms with E-state index in [1.54, 1.807) is 24.3 Å². The summed E-state index contributed by atoms with van der Waals surface area (Å²) in [6.07, 6.45) is -0.370. The average molecular weight is 459 g/mol. The van der Waals surface area contributed by atoms with Gasteiger partial charge in [0, 0.05) is 11.8 Å². The van der Waals surface area contributed by atoms with E-state index in [1.165, 1.54) is 13.0 Å². The molecule has 0 bridgehead atoms. The quantitative estimate of drug-likeness (QED) is 0.468. The monoisotopic (exact) mass is 459 g/mol. The molecular weight excluding hydrogens is 440 g/mol. The van der Waals surface area contributed by atoms with Crippen molar-refractivity contribution in [3.63, 3.8) is 0 Å². The second kappa shape index (κ2) is 8.54. The number of hydrogen-bond acceptors (Lipinski definition) is 7. The van der Waals surface area contributed by atoms with Crippen molar-refractivity contribution in [1.82, 2.24) is 20.2 Å². The van der Waals surface area contributed by atoms with Gasteiger partial charge in [-0.3, -0.25) is 19.4 Å². The fraction of sp³-hybridized carbons (Fsp3) is 0.286. The Morgan fingerprint density at radius 1 is 1.21 bits per heavy atom. The summed E-state index contributed by atoms with van der Waals surface area (Å²) in [6, 6.07) is 7.65. The molecule has 1 atom stereocenters. The van der Waals surface area contributed by atoms with Gasteiger partial charge in [0.25, 0.3) is 17.0 Å². The SMILES string of the molecule is CC(=O)c1ccc(COC2CN(c3cc(-c4c[nH]c(=O)[nH]c4=O)n[nH]c3=O)CC2(F)F)cc1. The number of benzene rings is 1. The zero-order valence-electron chi connectivity index (χ0n) is 17.4. The lowest BCUT2D eigenvalue weighted by Gasteiger charge is -2.18. The van der Waals surface area contributed by atoms with Crippen molar-refractivity contribution >= 4 is 11.5 Å². The Labute approximate surface area is 184 Å². The fourth-order valence-corrected chi connectivity index (χ4v) is 3.51. The number of nitrogens with one attached hydrogen (secondary N) is 3. The van der Waals surface area contributed by atoms with Crippen molar-refractivity contribution in [3.05, 3.63) is 78.8 Å². The van der Waals surface area contributed by atoms with E-state index in [0.717, 1.165) is 11.1 Å². The number of Topliss-reactive ketones (excluding diaryl/α,β-unsaturated/α-hetero) is 1. The van der Waals surface area contributed by atoms with Crippen LogP contribution in [0.3, 0.4) is 0 Å². The summed E-state index contributed by atoms with van der Waals surface area (Å²) in [7, 11) is 0. The summed E-state index contributed by atoms with van der Waals surface area (Å²) >= 11 is 0. The van der Waals surface area contributed by atoms with Crippen molar-refractivity contribution in [2.75, 3.05) is 18.0 Å². The van der Waals surface area contributed by atoms with Crippen LogP contribution in [0.25, 0.3) is 11.3 Å². The van der Waals surface area contributed by atoms with Crippen molar-refractivity contribution in [3.8, 4) is 11.3 Å². The molecule has 0 aliphatic carbocycles. The normalized spacial score (nSPS) is 17.3. The highest BCUT2D eigenvalue weighted by molar-refractivity contribution is 5.94. The Hall–Kier alpha value is -3.93. The number of hydrogen-bond donors (Lipinski definition) is 3. The van der Waals surface area contributed by atoms with Crippen molar-refractivity contribution in [2.24, 2.45) is 0 Å². The van der Waals surface area contributed by atoms with Crippen LogP contribution in [0.15, 0.2) is 50.9 Å². The summed E-state index contributed by atoms with van der Waals surface area (Å²) in [5.74, 6) is -3.35. The van der Waals surface area contributed by atoms with E-state index in [1.807, 2.05) is 4.98 Å². The van der Waals surface area contributed by atoms with Crippen molar-refractivity contribution < 1.29 is 18.3 Å². The predicted octanol–water partition coefficient (Wildman–Crippen LogP) is 1.06. The maximum Gasteiger partial charge on any atom is 0.325 e. The number of alkyl halides is 2. The second-order valence-electron chi connectivity index (χ2n) is 7.65. The molecule has 1 unspecified atom stereocenters. The number of ether oxygens (including phenoxy) is 1. The van der Waals surface area contributed by atoms with Gasteiger partial charge in [-0.1, -0.05) is 24.3 Å². The largest absolute Gasteiger partial charge is 0.365 e. The van der Waals surface area contributed by atoms with Crippen LogP contribution in [0.5, 0.6) is 0 Å². The first kappa shape index (κ1) is 22.3. The van der Waals surface area contributed by atoms with Crippen molar-refractivity contribution in [1.29, 1.82) is 0 Å². The number of rotatable bonds is 6. The lowest BCUT2D eigenvalue weighted by Crippen LogP contribution is -2.34. The molecule has 0 amide bonds. The van der Waals surface area contributed by atoms with Gasteiger partial charge in [-0.15, -0.1) is 0 Å². The van der Waals surface area contributed by atoms with Gasteiger partial charge in [-0.05, 0) is 18.6 Å². The molecule has 1 saturated heterocycles. The Morgan fingerprint density at radius 2 is 1.94 bits per heavy atom. The van der Waals surface area contributed by atoms with Crippen LogP contribution in [0.1, 0.15) is 22.8 Å². The molecule has 1 aliphatic rings. The Bertz CT molecular complexity index is 1360. The molecule has 12 heteroatoms. The number of anilines is 1. The first-order valence-electron chi connectivity index (χ1n) is 9.90. The Balaban J connectivity index is 1.53. The molecule has 4 rings (SSSR count). The third-order valence-corrected chi connectivity index (χ3v) is 5.29. The molecular formula is C21H19F2N5O5. The molecule has 2 aromatic heterocycles. The van der Waals surface area contributed by atoms with Crippen LogP contribution in [-0.2, 0) is 11.3 Å². The molecule has 1 fully saturated rings. The van der Waals surface area contributed by atoms with Crippen LogP contribution in [0.2, 0.25) is 0 Å². The Kier molecular flexibility index (Phi) is 5.77. The number of aromatic nitrogens is 4. The minimum absolute atomic E-state index is 0.000320. The summed E-state index contributed by atoms with van der Waals surface area (Å²) in [5.41, 5.74) is -1.20. The minimum Gasteiger partial charge on any atom is -0.365 e. The molecule has 0 saturated carbocycles. The highest BCUT2D eigenvalue weighted by Crippen LogP contribution is 2.33. The molecule has 3 N–H and O–H groups in total. The van der Waals surface area contributed by atoms with Gasteiger partial charge in [-0.25, -0.2) is 18.7 Å². The first-order chi connectivity index (χ1) is 15.6. The third-order valence-electron chi connectivity index (χ3n) is 5.29. The molecule has 3 aromatic rings. The Morgan fingerprint density at radius 3 is 2.61 bits per heavy atom. The topological polar surface area (TPSA) is 141 Å². The van der Waals surface area contributed by atoms with E-state index in [4.69, 9.17) is 4.74 Å². The predicted molar refractivity (Wildman–Crippen MR) is 114 cm³/mol. The van der Waals surface area contributed by atoms with E-state index in [2.05, 4.69) is 15.2 Å². The molecule has 33 heavy (non-hydrogen) atoms. The zero-order chi connectivity index (χ0) is 23.8. The number of aromatic amines is 3. The molecule has 3 heterocycles. The van der Waals surface area contributed by atoms with Crippen LogP contribution < -0.4 is 21.7 Å². The zero-order valence-corrected chi connectivity index (χ0v) is 17.4. The highest BCUT2D eigenvalue weighted by atomic mass is 19.3. The summed E-state index contributed by atoms with van der Waals surface area (Å²) in [6.45, 7) is 0.290. The average Bonchev–Trinajstić information content (AvgIpc) is 3.07. The van der Waals surface area contributed by atoms with E-state index in [-0.39, 0.29) is 35.9 Å². The molecule has 172 valence electrons. The lowest BCUT2D eigenvalue weighted by atomic mass is 10.1. The number of halogens is 2. The van der Waals surface area contributed by atoms with Gasteiger partial charge >= 0.3 is 5.69 Å². The summed E-state index contributed by atoms with van der Waals surface area (Å²) < 4.78 is 34.7. The highest BCUT2D eigenvalue weighted by Gasteiger charge is 2.49. The number of carbonyl (C=O) groups is 1. The standard InChI is InChI=1S/C21H19F2N5O5/c1-11(29)13-4-2-12(3-5-13)9-33-17-8-28(10-21(17,22)23)16-6-15(26-27-19(16)31)14-7-24-20(32)25-18(14)30/h2-7,17H,8-10H2,1H3,(H,27,31)(H2,24,25,30,32). The number of carbonyl (C=O) groups excluding carboxylic acids is 1. The minimum atomic E-state index is -3.25. The van der Waals surface area contributed by atoms with Gasteiger partial charge in [0.15, 0.2) is 5.78 Å². The van der Waals surface area contributed by atoms with Crippen LogP contribution >= 0.6 is 0 Å². The van der Waals surface area contributed by atoms with Gasteiger partial charge in [0.05, 0.1) is 31.0 Å². The first-order valence-corrected chi connectivity index (χ1v) is 9.90. The van der Waals surface area contributed by atoms with Crippen LogP contribution in [0.4, 0.5) is 14.5 Å². The van der Waals surface area contributed by atoms with Crippen molar-refractivity contribution in [2.45, 2.75) is 25.6 Å². The number of ketones is 1. The van der Waals surface area contributed by atoms with E-state index < -0.39 is 35.4 Å². The number of H-pyrrole nitrogens is 3. The fourth-order valence-electron chi connectivity index (χ4n) is 3.51. The molecule has 1 aliphatic heterocycles. The van der Waals surface area contributed by atoms with Gasteiger partial charge in [0.1, 0.15) is 11.8 Å². The molecule has 0 radical (unpaired) electrons. The second-order valence-corrected chi connectivity index (χ2v) is 7.65. The van der Waals surface area contributed by atoms with Gasteiger partial charge < -0.3 is 14.6 Å². The van der Waals surface area contributed by atoms with E-state index >= 15 is 0 Å². The van der Waals surface area contributed by atoms with E-state index in [0.29, 0.717) is 11.1 Å². The van der Waals surface area contributed by atoms with Crippen LogP contribution in [-0.4, -0.2) is 51.1 Å². The molecule has 1 aromatic carbocycles. The van der Waals surface area contributed by atoms with Gasteiger partial charge in [0.2, 0.25) is 0 Å². The maximum absolute atomic E-state index is 14.6. The maximum atomic E-state index is 14.6. The smallest absolute Gasteiger partial charge is 0.325 e. The third kappa shape index (κ3) is 4.65. The van der Waals surface area contributed by atoms with Gasteiger partial charge in [-0.2, -0.15) is 5.10 Å². The molecule has 10 nitrogen and oxygen atoms in total. The molecule has 0 spiro atoms. The van der Waals surface area contributed by atoms with Crippen LogP contribution in [0, 0.1) is 0 Å². The lowest BCUT2D eigenvalue weighted by molar-refractivity contribution is -0.110. The summed E-state index contributed by atoms with van der Waals surface area (Å²) in [4.78, 5) is 52.4.